The summed E-state index contributed by atoms with van der Waals surface area (Å²) in [7, 11) is 0. The summed E-state index contributed by atoms with van der Waals surface area (Å²) in [6.45, 7) is 4.99. The Bertz CT molecular complexity index is 884. The van der Waals surface area contributed by atoms with Gasteiger partial charge in [-0.05, 0) is 38.8 Å². The molecule has 2 aromatic heterocycles. The van der Waals surface area contributed by atoms with E-state index in [0.717, 1.165) is 42.2 Å². The quantitative estimate of drug-likeness (QED) is 0.738. The monoisotopic (exact) mass is 394 g/mol. The highest BCUT2D eigenvalue weighted by atomic mass is 19.4. The molecular formula is C18H21F3N6O. The van der Waals surface area contributed by atoms with Crippen LogP contribution in [-0.2, 0) is 16.5 Å². The lowest BCUT2D eigenvalue weighted by molar-refractivity contribution is -0.141. The van der Waals surface area contributed by atoms with Crippen LogP contribution in [0, 0.1) is 6.92 Å². The van der Waals surface area contributed by atoms with Crippen LogP contribution < -0.4 is 16.2 Å². The van der Waals surface area contributed by atoms with Gasteiger partial charge in [0.25, 0.3) is 0 Å². The molecule has 2 aromatic rings. The minimum atomic E-state index is -4.54. The van der Waals surface area contributed by atoms with Crippen molar-refractivity contribution in [3.63, 3.8) is 0 Å². The first-order valence-electron chi connectivity index (χ1n) is 9.06. The van der Waals surface area contributed by atoms with Crippen molar-refractivity contribution in [3.8, 4) is 0 Å². The molecule has 2 aliphatic heterocycles. The van der Waals surface area contributed by atoms with Crippen LogP contribution in [0.4, 0.5) is 24.7 Å². The van der Waals surface area contributed by atoms with Crippen molar-refractivity contribution < 1.29 is 17.9 Å². The van der Waals surface area contributed by atoms with Gasteiger partial charge in [0.1, 0.15) is 23.4 Å². The van der Waals surface area contributed by atoms with Crippen molar-refractivity contribution in [1.82, 2.24) is 20.4 Å². The Morgan fingerprint density at radius 3 is 2.68 bits per heavy atom. The highest BCUT2D eigenvalue weighted by Gasteiger charge is 2.43. The summed E-state index contributed by atoms with van der Waals surface area (Å²) in [6, 6.07) is 3.02. The molecule has 0 amide bonds. The molecule has 150 valence electrons. The van der Waals surface area contributed by atoms with Gasteiger partial charge in [0.2, 0.25) is 0 Å². The number of hydrogen-bond donors (Lipinski definition) is 3. The number of nitrogens with one attached hydrogen (secondary N) is 3. The number of ether oxygens (including phenoxy) is 1. The summed E-state index contributed by atoms with van der Waals surface area (Å²) in [5.74, 6) is 0.633. The number of hydrogen-bond acceptors (Lipinski definition) is 7. The number of aromatic nitrogens is 3. The lowest BCUT2D eigenvalue weighted by Gasteiger charge is -2.29. The minimum Gasteiger partial charge on any atom is -0.381 e. The molecule has 0 spiro atoms. The number of rotatable bonds is 3. The Morgan fingerprint density at radius 2 is 1.96 bits per heavy atom. The normalized spacial score (nSPS) is 22.6. The Hall–Kier alpha value is -2.46. The fraction of sp³-hybridized carbons (Fsp3) is 0.500. The molecule has 0 aliphatic carbocycles. The second kappa shape index (κ2) is 6.85. The molecule has 1 fully saturated rings. The van der Waals surface area contributed by atoms with Crippen LogP contribution in [0.1, 0.15) is 42.4 Å². The molecular weight excluding hydrogens is 373 g/mol. The average molecular weight is 394 g/mol. The standard InChI is InChI=1S/C18H21F3N6O/c1-10-7-12-15(16(24-10)25-11-3-5-28-6-4-11)17(2,27-26-12)13-8-14(18(19,20)21)23-9-22-13/h7-9,11,26-27H,3-6H2,1-2H3,(H,24,25). The minimum absolute atomic E-state index is 0.188. The number of nitrogens with zero attached hydrogens (tertiary/aromatic N) is 3. The molecule has 0 radical (unpaired) electrons. The second-order valence-electron chi connectivity index (χ2n) is 7.23. The first-order valence-corrected chi connectivity index (χ1v) is 9.06. The van der Waals surface area contributed by atoms with Crippen molar-refractivity contribution in [1.29, 1.82) is 0 Å². The van der Waals surface area contributed by atoms with Crippen molar-refractivity contribution in [2.24, 2.45) is 0 Å². The van der Waals surface area contributed by atoms with Crippen molar-refractivity contribution >= 4 is 11.5 Å². The molecule has 2 aliphatic rings. The Labute approximate surface area is 160 Å². The van der Waals surface area contributed by atoms with Crippen molar-refractivity contribution in [2.75, 3.05) is 24.0 Å². The number of alkyl halides is 3. The number of halogens is 3. The molecule has 3 N–H and O–H groups in total. The Morgan fingerprint density at radius 1 is 1.21 bits per heavy atom. The van der Waals surface area contributed by atoms with E-state index in [2.05, 4.69) is 31.1 Å². The van der Waals surface area contributed by atoms with Gasteiger partial charge >= 0.3 is 6.18 Å². The highest BCUT2D eigenvalue weighted by Crippen LogP contribution is 2.43. The van der Waals surface area contributed by atoms with E-state index < -0.39 is 17.4 Å². The van der Waals surface area contributed by atoms with E-state index in [0.29, 0.717) is 19.0 Å². The topological polar surface area (TPSA) is 84.0 Å². The van der Waals surface area contributed by atoms with E-state index in [1.165, 1.54) is 0 Å². The van der Waals surface area contributed by atoms with E-state index in [1.54, 1.807) is 6.92 Å². The average Bonchev–Trinajstić information content (AvgIpc) is 3.00. The third-order valence-corrected chi connectivity index (χ3v) is 5.13. The highest BCUT2D eigenvalue weighted by molar-refractivity contribution is 5.70. The summed E-state index contributed by atoms with van der Waals surface area (Å²) >= 11 is 0. The van der Waals surface area contributed by atoms with Crippen LogP contribution in [0.15, 0.2) is 18.5 Å². The molecule has 4 rings (SSSR count). The van der Waals surface area contributed by atoms with Gasteiger partial charge in [-0.15, -0.1) is 0 Å². The maximum Gasteiger partial charge on any atom is 0.433 e. The van der Waals surface area contributed by atoms with Gasteiger partial charge in [0, 0.05) is 30.5 Å². The van der Waals surface area contributed by atoms with Crippen LogP contribution in [0.5, 0.6) is 0 Å². The fourth-order valence-corrected chi connectivity index (χ4v) is 3.65. The summed E-state index contributed by atoms with van der Waals surface area (Å²) in [6.07, 6.45) is -1.92. The van der Waals surface area contributed by atoms with Gasteiger partial charge in [-0.1, -0.05) is 0 Å². The van der Waals surface area contributed by atoms with Gasteiger partial charge < -0.3 is 15.5 Å². The van der Waals surface area contributed by atoms with Crippen LogP contribution in [0.25, 0.3) is 0 Å². The molecule has 10 heteroatoms. The van der Waals surface area contributed by atoms with Crippen molar-refractivity contribution in [2.45, 2.75) is 44.4 Å². The molecule has 1 unspecified atom stereocenters. The molecule has 1 atom stereocenters. The number of hydrazine groups is 1. The van der Waals surface area contributed by atoms with E-state index in [4.69, 9.17) is 4.74 Å². The third kappa shape index (κ3) is 3.37. The van der Waals surface area contributed by atoms with Gasteiger partial charge in [-0.2, -0.15) is 13.2 Å². The summed E-state index contributed by atoms with van der Waals surface area (Å²) in [5, 5.41) is 3.46. The molecule has 4 heterocycles. The molecule has 28 heavy (non-hydrogen) atoms. The van der Waals surface area contributed by atoms with Crippen LogP contribution in [-0.4, -0.2) is 34.2 Å². The fourth-order valence-electron chi connectivity index (χ4n) is 3.65. The largest absolute Gasteiger partial charge is 0.433 e. The molecule has 1 saturated heterocycles. The predicted molar refractivity (Wildman–Crippen MR) is 96.7 cm³/mol. The van der Waals surface area contributed by atoms with Crippen LogP contribution in [0.2, 0.25) is 0 Å². The zero-order valence-electron chi connectivity index (χ0n) is 15.5. The number of aryl methyl sites for hydroxylation is 1. The maximum absolute atomic E-state index is 13.2. The summed E-state index contributed by atoms with van der Waals surface area (Å²) in [5.41, 5.74) is 6.67. The molecule has 7 nitrogen and oxygen atoms in total. The van der Waals surface area contributed by atoms with Gasteiger partial charge in [-0.3, -0.25) is 0 Å². The van der Waals surface area contributed by atoms with Crippen LogP contribution >= 0.6 is 0 Å². The van der Waals surface area contributed by atoms with Gasteiger partial charge in [0.05, 0.1) is 11.4 Å². The van der Waals surface area contributed by atoms with Gasteiger partial charge in [0.15, 0.2) is 0 Å². The number of anilines is 2. The lowest BCUT2D eigenvalue weighted by Crippen LogP contribution is -2.40. The predicted octanol–water partition coefficient (Wildman–Crippen LogP) is 2.98. The first-order chi connectivity index (χ1) is 13.3. The van der Waals surface area contributed by atoms with E-state index in [9.17, 15) is 13.2 Å². The summed E-state index contributed by atoms with van der Waals surface area (Å²) in [4.78, 5) is 12.1. The van der Waals surface area contributed by atoms with Crippen molar-refractivity contribution in [3.05, 3.63) is 41.1 Å². The zero-order chi connectivity index (χ0) is 19.9. The van der Waals surface area contributed by atoms with Crippen LogP contribution in [0.3, 0.4) is 0 Å². The third-order valence-electron chi connectivity index (χ3n) is 5.13. The summed E-state index contributed by atoms with van der Waals surface area (Å²) < 4.78 is 44.9. The second-order valence-corrected chi connectivity index (χ2v) is 7.23. The lowest BCUT2D eigenvalue weighted by atomic mass is 9.88. The van der Waals surface area contributed by atoms with E-state index in [-0.39, 0.29) is 11.7 Å². The van der Waals surface area contributed by atoms with E-state index in [1.807, 2.05) is 13.0 Å². The molecule has 0 bridgehead atoms. The number of pyridine rings is 1. The smallest absolute Gasteiger partial charge is 0.381 e. The van der Waals surface area contributed by atoms with E-state index >= 15 is 0 Å². The first kappa shape index (κ1) is 18.9. The molecule has 0 aromatic carbocycles. The van der Waals surface area contributed by atoms with Gasteiger partial charge in [-0.25, -0.2) is 20.4 Å². The zero-order valence-corrected chi connectivity index (χ0v) is 15.5. The maximum atomic E-state index is 13.2. The SMILES string of the molecule is Cc1cc2c(c(NC3CCOCC3)n1)C(C)(c1cc(C(F)(F)F)ncn1)NN2. The Balaban J connectivity index is 1.77. The number of fused-ring (bicyclic) bond motifs is 1. The Kier molecular flexibility index (Phi) is 4.62. The molecule has 0 saturated carbocycles.